The smallest absolute Gasteiger partial charge is 0.270 e. The number of nitrogens with one attached hydrogen (secondary N) is 1. The first-order valence-corrected chi connectivity index (χ1v) is 8.49. The fourth-order valence-corrected chi connectivity index (χ4v) is 2.42. The third-order valence-corrected chi connectivity index (χ3v) is 3.43. The molecule has 1 N–H and O–H groups in total. The van der Waals surface area contributed by atoms with Crippen molar-refractivity contribution in [3.05, 3.63) is 68.8 Å². The predicted molar refractivity (Wildman–Crippen MR) is 104 cm³/mol. The van der Waals surface area contributed by atoms with Crippen molar-refractivity contribution < 1.29 is 4.79 Å². The molecule has 0 bridgehead atoms. The summed E-state index contributed by atoms with van der Waals surface area (Å²) in [5.74, 6) is -0.258. The summed E-state index contributed by atoms with van der Waals surface area (Å²) in [5.41, 5.74) is 4.59. The number of aryl methyl sites for hydroxylation is 1. The highest BCUT2D eigenvalue weighted by molar-refractivity contribution is 9.10. The van der Waals surface area contributed by atoms with Crippen LogP contribution in [0, 0.1) is 6.92 Å². The summed E-state index contributed by atoms with van der Waals surface area (Å²) >= 11 is 15.0. The highest BCUT2D eigenvalue weighted by atomic mass is 79.9. The van der Waals surface area contributed by atoms with E-state index in [4.69, 9.17) is 23.2 Å². The van der Waals surface area contributed by atoms with Crippen LogP contribution in [-0.2, 0) is 0 Å². The molecule has 0 heterocycles. The Bertz CT molecular complexity index is 627. The van der Waals surface area contributed by atoms with Gasteiger partial charge in [0.2, 0.25) is 0 Å². The van der Waals surface area contributed by atoms with Gasteiger partial charge in [-0.25, -0.2) is 0 Å². The summed E-state index contributed by atoms with van der Waals surface area (Å²) in [6.45, 7) is 13.1. The summed E-state index contributed by atoms with van der Waals surface area (Å²) in [5, 5.41) is 1.98. The van der Waals surface area contributed by atoms with Gasteiger partial charge >= 0.3 is 0 Å². The zero-order valence-electron chi connectivity index (χ0n) is 13.7. The number of carbonyl (C=O) groups excluding carboxylic acids is 1. The third kappa shape index (κ3) is 7.25. The van der Waals surface area contributed by atoms with Crippen LogP contribution in [0.4, 0.5) is 0 Å². The number of amides is 1. The minimum absolute atomic E-state index is 0.243. The number of hydrogen-bond donors (Lipinski definition) is 1. The average Bonchev–Trinajstić information content (AvgIpc) is 2.46. The molecule has 0 atom stereocenters. The molecule has 0 spiro atoms. The third-order valence-electron chi connectivity index (χ3n) is 2.63. The standard InChI is InChI=1S/C15H15BrCl2N2O.C2H6/c1-9-7-12(16)5-6-13(9)15(21)19-20(4)14(11(3)18)8-10(2)17;1-2/h5-8H,2-3H2,1,4H3,(H,19,21);1-2H3/b14-8+;. The molecule has 1 rings (SSSR count). The molecule has 0 aliphatic carbocycles. The van der Waals surface area contributed by atoms with E-state index >= 15 is 0 Å². The highest BCUT2D eigenvalue weighted by Crippen LogP contribution is 2.19. The molecule has 0 aliphatic heterocycles. The molecule has 3 nitrogen and oxygen atoms in total. The van der Waals surface area contributed by atoms with E-state index in [-0.39, 0.29) is 16.0 Å². The van der Waals surface area contributed by atoms with E-state index in [1.807, 2.05) is 26.8 Å². The fourth-order valence-electron chi connectivity index (χ4n) is 1.66. The molecule has 23 heavy (non-hydrogen) atoms. The number of nitrogens with zero attached hydrogens (tertiary/aromatic N) is 1. The molecule has 1 aromatic rings. The van der Waals surface area contributed by atoms with Gasteiger partial charge in [0.05, 0.1) is 10.7 Å². The minimum atomic E-state index is -0.258. The maximum Gasteiger partial charge on any atom is 0.270 e. The van der Waals surface area contributed by atoms with Crippen LogP contribution >= 0.6 is 39.1 Å². The Labute approximate surface area is 156 Å². The van der Waals surface area contributed by atoms with Crippen molar-refractivity contribution in [2.45, 2.75) is 20.8 Å². The van der Waals surface area contributed by atoms with Gasteiger partial charge in [-0.1, -0.05) is 66.1 Å². The van der Waals surface area contributed by atoms with E-state index in [0.717, 1.165) is 10.0 Å². The Morgan fingerprint density at radius 1 is 1.30 bits per heavy atom. The summed E-state index contributed by atoms with van der Waals surface area (Å²) in [6, 6.07) is 5.41. The van der Waals surface area contributed by atoms with Crippen LogP contribution in [0.3, 0.4) is 0 Å². The quantitative estimate of drug-likeness (QED) is 0.486. The topological polar surface area (TPSA) is 32.3 Å². The van der Waals surface area contributed by atoms with E-state index in [1.165, 1.54) is 11.1 Å². The first-order chi connectivity index (χ1) is 10.7. The molecule has 0 unspecified atom stereocenters. The Kier molecular flexibility index (Phi) is 9.96. The molecule has 0 fully saturated rings. The number of rotatable bonds is 5. The van der Waals surface area contributed by atoms with Gasteiger partial charge in [0.15, 0.2) is 0 Å². The number of hydrazine groups is 1. The van der Waals surface area contributed by atoms with Crippen molar-refractivity contribution in [2.75, 3.05) is 7.05 Å². The molecule has 1 aromatic carbocycles. The van der Waals surface area contributed by atoms with Gasteiger partial charge in [0, 0.05) is 22.1 Å². The SMILES string of the molecule is C=C(Cl)/C=C(\C(=C)Cl)N(C)NC(=O)c1ccc(Br)cc1C.CC. The lowest BCUT2D eigenvalue weighted by Gasteiger charge is -2.23. The van der Waals surface area contributed by atoms with E-state index in [9.17, 15) is 4.79 Å². The zero-order chi connectivity index (χ0) is 18.2. The second-order valence-electron chi connectivity index (χ2n) is 4.34. The number of halogens is 3. The fraction of sp³-hybridized carbons (Fsp3) is 0.235. The molecule has 0 saturated carbocycles. The van der Waals surface area contributed by atoms with Gasteiger partial charge < -0.3 is 0 Å². The van der Waals surface area contributed by atoms with Crippen molar-refractivity contribution >= 4 is 45.0 Å². The lowest BCUT2D eigenvalue weighted by Crippen LogP contribution is -2.39. The second-order valence-corrected chi connectivity index (χ2v) is 6.20. The number of likely N-dealkylation sites (N-methyl/N-ethyl adjacent to an activating group) is 1. The van der Waals surface area contributed by atoms with Crippen molar-refractivity contribution in [3.63, 3.8) is 0 Å². The normalized spacial score (nSPS) is 10.3. The maximum absolute atomic E-state index is 12.3. The van der Waals surface area contributed by atoms with Gasteiger partial charge in [0.25, 0.3) is 5.91 Å². The molecular weight excluding hydrogens is 399 g/mol. The molecule has 1 amide bonds. The van der Waals surface area contributed by atoms with Crippen LogP contribution in [0.25, 0.3) is 0 Å². The predicted octanol–water partition coefficient (Wildman–Crippen LogP) is 5.75. The summed E-state index contributed by atoms with van der Waals surface area (Å²) in [4.78, 5) is 12.3. The van der Waals surface area contributed by atoms with Gasteiger partial charge in [-0.05, 0) is 36.8 Å². The van der Waals surface area contributed by atoms with Crippen molar-refractivity contribution in [3.8, 4) is 0 Å². The molecule has 6 heteroatoms. The van der Waals surface area contributed by atoms with E-state index in [1.54, 1.807) is 19.2 Å². The maximum atomic E-state index is 12.3. The lowest BCUT2D eigenvalue weighted by atomic mass is 10.1. The van der Waals surface area contributed by atoms with Gasteiger partial charge in [-0.15, -0.1) is 0 Å². The average molecular weight is 420 g/mol. The molecule has 126 valence electrons. The molecule has 0 radical (unpaired) electrons. The summed E-state index contributed by atoms with van der Waals surface area (Å²) < 4.78 is 0.915. The number of carbonyl (C=O) groups is 1. The first-order valence-electron chi connectivity index (χ1n) is 6.94. The van der Waals surface area contributed by atoms with Crippen molar-refractivity contribution in [1.29, 1.82) is 0 Å². The van der Waals surface area contributed by atoms with Crippen LogP contribution in [0.2, 0.25) is 0 Å². The van der Waals surface area contributed by atoms with Crippen LogP contribution in [0.1, 0.15) is 29.8 Å². The van der Waals surface area contributed by atoms with Crippen LogP contribution < -0.4 is 5.43 Å². The monoisotopic (exact) mass is 418 g/mol. The lowest BCUT2D eigenvalue weighted by molar-refractivity contribution is 0.0865. The van der Waals surface area contributed by atoms with Gasteiger partial charge in [-0.3, -0.25) is 15.2 Å². The largest absolute Gasteiger partial charge is 0.287 e. The number of allylic oxidation sites excluding steroid dienone is 3. The highest BCUT2D eigenvalue weighted by Gasteiger charge is 2.14. The summed E-state index contributed by atoms with van der Waals surface area (Å²) in [7, 11) is 1.64. The van der Waals surface area contributed by atoms with E-state index in [2.05, 4.69) is 34.5 Å². The Balaban J connectivity index is 0.00000232. The molecule has 0 aliphatic rings. The van der Waals surface area contributed by atoms with Crippen LogP contribution in [-0.4, -0.2) is 18.0 Å². The minimum Gasteiger partial charge on any atom is -0.287 e. The first kappa shape index (κ1) is 21.8. The number of benzene rings is 1. The zero-order valence-corrected chi connectivity index (χ0v) is 16.8. The van der Waals surface area contributed by atoms with Crippen molar-refractivity contribution in [1.82, 2.24) is 10.4 Å². The molecule has 0 aromatic heterocycles. The Hall–Kier alpha value is -1.23. The molecular formula is C17H21BrCl2N2O. The van der Waals surface area contributed by atoms with Gasteiger partial charge in [-0.2, -0.15) is 0 Å². The summed E-state index contributed by atoms with van der Waals surface area (Å²) in [6.07, 6.45) is 1.52. The van der Waals surface area contributed by atoms with E-state index in [0.29, 0.717) is 11.3 Å². The van der Waals surface area contributed by atoms with Gasteiger partial charge in [0.1, 0.15) is 0 Å². The van der Waals surface area contributed by atoms with Crippen LogP contribution in [0.15, 0.2) is 57.7 Å². The molecule has 0 saturated heterocycles. The van der Waals surface area contributed by atoms with Crippen LogP contribution in [0.5, 0.6) is 0 Å². The second kappa shape index (κ2) is 10.5. The Morgan fingerprint density at radius 3 is 2.30 bits per heavy atom. The van der Waals surface area contributed by atoms with Crippen molar-refractivity contribution in [2.24, 2.45) is 0 Å². The number of hydrogen-bond acceptors (Lipinski definition) is 2. The van der Waals surface area contributed by atoms with E-state index < -0.39 is 0 Å². The Morgan fingerprint density at radius 2 is 1.87 bits per heavy atom.